The van der Waals surface area contributed by atoms with Gasteiger partial charge in [0.1, 0.15) is 30.1 Å². The van der Waals surface area contributed by atoms with Gasteiger partial charge >= 0.3 is 5.97 Å². The SMILES string of the molecule is O=C(OC1CC(C(=O)N2CCCC2C(=O)NCCO)=CC2OC(C3CC3)(C3CC3)OC21)c1ccccc1C=CCc1ccccc1O. The maximum atomic E-state index is 14.0. The van der Waals surface area contributed by atoms with E-state index in [4.69, 9.17) is 19.3 Å². The van der Waals surface area contributed by atoms with Crippen molar-refractivity contribution >= 4 is 23.9 Å². The molecule has 3 aliphatic carbocycles. The van der Waals surface area contributed by atoms with E-state index in [9.17, 15) is 19.5 Å². The van der Waals surface area contributed by atoms with Crippen LogP contribution in [-0.2, 0) is 30.2 Å². The number of rotatable bonds is 11. The molecule has 2 amide bonds. The molecule has 7 rings (SSSR count). The number of para-hydroxylation sites is 1. The van der Waals surface area contributed by atoms with Crippen LogP contribution in [0.2, 0.25) is 0 Å². The van der Waals surface area contributed by atoms with Crippen molar-refractivity contribution in [3.8, 4) is 5.75 Å². The van der Waals surface area contributed by atoms with Crippen LogP contribution in [0.15, 0.2) is 66.3 Å². The normalized spacial score (nSPS) is 26.6. The topological polar surface area (TPSA) is 135 Å². The number of esters is 1. The molecule has 0 spiro atoms. The summed E-state index contributed by atoms with van der Waals surface area (Å²) < 4.78 is 19.7. The molecule has 2 aromatic rings. The summed E-state index contributed by atoms with van der Waals surface area (Å²) in [6.07, 6.45) is 9.67. The van der Waals surface area contributed by atoms with Gasteiger partial charge in [0.25, 0.3) is 0 Å². The Morgan fingerprint density at radius 3 is 2.49 bits per heavy atom. The van der Waals surface area contributed by atoms with E-state index < -0.39 is 36.1 Å². The molecular weight excluding hydrogens is 600 g/mol. The van der Waals surface area contributed by atoms with Crippen LogP contribution in [0.4, 0.5) is 0 Å². The number of nitrogens with zero attached hydrogens (tertiary/aromatic N) is 1. The Kier molecular flexibility index (Phi) is 8.91. The number of ether oxygens (including phenoxy) is 3. The van der Waals surface area contributed by atoms with Crippen LogP contribution in [-0.4, -0.2) is 82.7 Å². The van der Waals surface area contributed by atoms with Crippen molar-refractivity contribution in [3.05, 3.63) is 82.9 Å². The number of benzene rings is 2. The fourth-order valence-corrected chi connectivity index (χ4v) is 7.35. The molecule has 10 heteroatoms. The van der Waals surface area contributed by atoms with E-state index in [1.54, 1.807) is 29.2 Å². The number of phenolic OH excluding ortho intramolecular Hbond substituents is 1. The summed E-state index contributed by atoms with van der Waals surface area (Å²) in [6.45, 7) is 0.394. The molecule has 10 nitrogen and oxygen atoms in total. The molecule has 4 atom stereocenters. The summed E-state index contributed by atoms with van der Waals surface area (Å²) in [4.78, 5) is 42.3. The van der Waals surface area contributed by atoms with Crippen molar-refractivity contribution < 1.29 is 38.8 Å². The van der Waals surface area contributed by atoms with Crippen molar-refractivity contribution in [2.75, 3.05) is 19.7 Å². The molecule has 47 heavy (non-hydrogen) atoms. The first-order chi connectivity index (χ1) is 22.9. The van der Waals surface area contributed by atoms with Gasteiger partial charge in [-0.15, -0.1) is 0 Å². The molecule has 2 heterocycles. The quantitative estimate of drug-likeness (QED) is 0.314. The number of likely N-dealkylation sites (tertiary alicyclic amines) is 1. The zero-order chi connectivity index (χ0) is 32.5. The Labute approximate surface area is 274 Å². The van der Waals surface area contributed by atoms with Gasteiger partial charge in [0.05, 0.1) is 12.2 Å². The monoisotopic (exact) mass is 642 g/mol. The second-order valence-corrected chi connectivity index (χ2v) is 13.3. The van der Waals surface area contributed by atoms with Gasteiger partial charge in [0, 0.05) is 36.9 Å². The first-order valence-corrected chi connectivity index (χ1v) is 16.9. The van der Waals surface area contributed by atoms with Crippen molar-refractivity contribution in [1.82, 2.24) is 10.2 Å². The van der Waals surface area contributed by atoms with Crippen LogP contribution in [0.25, 0.3) is 6.08 Å². The van der Waals surface area contributed by atoms with Crippen LogP contribution in [0.5, 0.6) is 5.75 Å². The average molecular weight is 643 g/mol. The highest BCUT2D eigenvalue weighted by Crippen LogP contribution is 2.59. The largest absolute Gasteiger partial charge is 0.508 e. The van der Waals surface area contributed by atoms with Crippen LogP contribution in [0.3, 0.4) is 0 Å². The summed E-state index contributed by atoms with van der Waals surface area (Å²) in [6, 6.07) is 13.7. The van der Waals surface area contributed by atoms with Gasteiger partial charge in [-0.05, 0) is 74.3 Å². The van der Waals surface area contributed by atoms with E-state index >= 15 is 0 Å². The summed E-state index contributed by atoms with van der Waals surface area (Å²) in [5.41, 5.74) is 2.29. The van der Waals surface area contributed by atoms with Crippen molar-refractivity contribution in [2.45, 2.75) is 81.5 Å². The average Bonchev–Trinajstić information content (AvgIpc) is 4.03. The third kappa shape index (κ3) is 6.46. The van der Waals surface area contributed by atoms with Gasteiger partial charge in [0.15, 0.2) is 5.79 Å². The first kappa shape index (κ1) is 31.6. The molecule has 2 saturated heterocycles. The minimum Gasteiger partial charge on any atom is -0.508 e. The molecule has 3 N–H and O–H groups in total. The third-order valence-electron chi connectivity index (χ3n) is 9.98. The predicted molar refractivity (Wildman–Crippen MR) is 172 cm³/mol. The van der Waals surface area contributed by atoms with Crippen molar-refractivity contribution in [2.24, 2.45) is 11.8 Å². The molecular formula is C37H42N2O8. The highest BCUT2D eigenvalue weighted by molar-refractivity contribution is 5.98. The number of phenols is 1. The first-order valence-electron chi connectivity index (χ1n) is 16.9. The summed E-state index contributed by atoms with van der Waals surface area (Å²) in [5, 5.41) is 22.0. The highest BCUT2D eigenvalue weighted by atomic mass is 16.8. The number of allylic oxidation sites excluding steroid dienone is 1. The zero-order valence-electron chi connectivity index (χ0n) is 26.4. The van der Waals surface area contributed by atoms with E-state index in [-0.39, 0.29) is 49.0 Å². The van der Waals surface area contributed by atoms with E-state index in [2.05, 4.69) is 5.32 Å². The van der Waals surface area contributed by atoms with E-state index in [0.29, 0.717) is 42.5 Å². The Morgan fingerprint density at radius 2 is 1.74 bits per heavy atom. The zero-order valence-corrected chi connectivity index (χ0v) is 26.4. The number of aliphatic hydroxyl groups excluding tert-OH is 1. The molecule has 4 unspecified atom stereocenters. The maximum absolute atomic E-state index is 14.0. The molecule has 5 aliphatic rings. The Balaban J connectivity index is 1.13. The summed E-state index contributed by atoms with van der Waals surface area (Å²) >= 11 is 0. The molecule has 2 aromatic carbocycles. The standard InChI is InChI=1S/C37H42N2O8/c40-20-18-38-34(42)29-12-6-19-39(29)35(43)25-21-31(33-32(22-25)46-37(47-33,26-14-15-26)27-16-17-27)45-36(44)28-11-3-1-7-23(28)9-5-10-24-8-2-4-13-30(24)41/h1-5,7-9,11,13,22,26-27,29,31-33,40-41H,6,10,12,14-21H2,(H,38,42). The van der Waals surface area contributed by atoms with Crippen molar-refractivity contribution in [1.29, 1.82) is 0 Å². The number of fused-ring (bicyclic) bond motifs is 1. The summed E-state index contributed by atoms with van der Waals surface area (Å²) in [5.74, 6) is -0.997. The van der Waals surface area contributed by atoms with Gasteiger partial charge in [-0.3, -0.25) is 9.59 Å². The van der Waals surface area contributed by atoms with Gasteiger partial charge in [-0.1, -0.05) is 48.6 Å². The van der Waals surface area contributed by atoms with Crippen LogP contribution in [0, 0.1) is 11.8 Å². The second-order valence-electron chi connectivity index (χ2n) is 13.3. The van der Waals surface area contributed by atoms with E-state index in [1.165, 1.54) is 0 Å². The molecule has 4 fully saturated rings. The fourth-order valence-electron chi connectivity index (χ4n) is 7.35. The lowest BCUT2D eigenvalue weighted by Crippen LogP contribution is -2.49. The number of carbonyl (C=O) groups excluding carboxylic acids is 3. The van der Waals surface area contributed by atoms with E-state index in [1.807, 2.05) is 42.5 Å². The van der Waals surface area contributed by atoms with Gasteiger partial charge in [0.2, 0.25) is 11.8 Å². The number of hydrogen-bond acceptors (Lipinski definition) is 8. The van der Waals surface area contributed by atoms with E-state index in [0.717, 1.165) is 31.2 Å². The number of nitrogens with one attached hydrogen (secondary N) is 1. The molecule has 2 saturated carbocycles. The van der Waals surface area contributed by atoms with Gasteiger partial charge < -0.3 is 34.6 Å². The Hall–Kier alpha value is -3.99. The second kappa shape index (κ2) is 13.3. The number of hydrogen-bond donors (Lipinski definition) is 3. The number of amides is 2. The van der Waals surface area contributed by atoms with Crippen LogP contribution in [0.1, 0.15) is 66.4 Å². The number of carbonyl (C=O) groups is 3. The predicted octanol–water partition coefficient (Wildman–Crippen LogP) is 3.90. The Morgan fingerprint density at radius 1 is 1.00 bits per heavy atom. The van der Waals surface area contributed by atoms with Gasteiger partial charge in [-0.25, -0.2) is 4.79 Å². The van der Waals surface area contributed by atoms with Crippen LogP contribution < -0.4 is 5.32 Å². The fraction of sp³-hybridized carbons (Fsp3) is 0.486. The maximum Gasteiger partial charge on any atom is 0.339 e. The molecule has 248 valence electrons. The number of aliphatic hydroxyl groups is 1. The lowest BCUT2D eigenvalue weighted by molar-refractivity contribution is -0.209. The highest BCUT2D eigenvalue weighted by Gasteiger charge is 2.64. The van der Waals surface area contributed by atoms with Gasteiger partial charge in [-0.2, -0.15) is 0 Å². The summed E-state index contributed by atoms with van der Waals surface area (Å²) in [7, 11) is 0. The molecule has 2 aliphatic heterocycles. The minimum absolute atomic E-state index is 0.128. The molecule has 0 bridgehead atoms. The lowest BCUT2D eigenvalue weighted by Gasteiger charge is -2.33. The molecule has 0 radical (unpaired) electrons. The smallest absolute Gasteiger partial charge is 0.339 e. The van der Waals surface area contributed by atoms with Crippen molar-refractivity contribution in [3.63, 3.8) is 0 Å². The Bertz CT molecular complexity index is 1570. The third-order valence-corrected chi connectivity index (χ3v) is 9.98. The molecule has 0 aromatic heterocycles. The lowest BCUT2D eigenvalue weighted by atomic mass is 9.91. The number of aromatic hydroxyl groups is 1. The van der Waals surface area contributed by atoms with Crippen LogP contribution >= 0.6 is 0 Å². The minimum atomic E-state index is -0.765.